The van der Waals surface area contributed by atoms with Crippen molar-refractivity contribution < 1.29 is 4.92 Å². The Morgan fingerprint density at radius 2 is 1.59 bits per heavy atom. The molecule has 4 heteroatoms. The van der Waals surface area contributed by atoms with E-state index >= 15 is 0 Å². The number of hydrogen-bond donors (Lipinski definition) is 0. The van der Waals surface area contributed by atoms with Crippen LogP contribution in [0.2, 0.25) is 0 Å². The van der Waals surface area contributed by atoms with Crippen molar-refractivity contribution >= 4 is 17.3 Å². The second-order valence-corrected chi connectivity index (χ2v) is 4.03. The van der Waals surface area contributed by atoms with Crippen LogP contribution in [0.5, 0.6) is 0 Å². The Bertz CT molecular complexity index is 528. The number of alkyl halides is 1. The lowest BCUT2D eigenvalue weighted by molar-refractivity contribution is -0.385. The van der Waals surface area contributed by atoms with Crippen LogP contribution in [-0.2, 0) is 0 Å². The fraction of sp³-hybridized carbons (Fsp3) is 0.0769. The van der Waals surface area contributed by atoms with Crippen LogP contribution in [0.1, 0.15) is 16.5 Å². The van der Waals surface area contributed by atoms with E-state index in [1.807, 2.05) is 30.3 Å². The summed E-state index contributed by atoms with van der Waals surface area (Å²) in [5.41, 5.74) is 1.42. The molecule has 0 radical (unpaired) electrons. The third kappa shape index (κ3) is 2.45. The molecule has 2 aromatic carbocycles. The van der Waals surface area contributed by atoms with E-state index in [-0.39, 0.29) is 5.69 Å². The summed E-state index contributed by atoms with van der Waals surface area (Å²) in [6.07, 6.45) is 0. The molecule has 0 bridgehead atoms. The first-order chi connectivity index (χ1) is 8.20. The molecule has 0 saturated heterocycles. The van der Waals surface area contributed by atoms with Gasteiger partial charge in [0.15, 0.2) is 0 Å². The zero-order valence-corrected chi connectivity index (χ0v) is 9.67. The predicted octanol–water partition coefficient (Wildman–Crippen LogP) is 3.92. The standard InChI is InChI=1S/C13H10ClNO2/c14-13(10-6-2-1-3-7-10)11-8-4-5-9-12(11)15(16)17/h1-9,13H. The van der Waals surface area contributed by atoms with Crippen LogP contribution >= 0.6 is 11.6 Å². The molecule has 2 aromatic rings. The Balaban J connectivity index is 2.44. The Labute approximate surface area is 104 Å². The molecule has 86 valence electrons. The maximum Gasteiger partial charge on any atom is 0.274 e. The average molecular weight is 248 g/mol. The fourth-order valence-electron chi connectivity index (χ4n) is 1.67. The third-order valence-corrected chi connectivity index (χ3v) is 2.99. The maximum absolute atomic E-state index is 10.9. The minimum Gasteiger partial charge on any atom is -0.258 e. The van der Waals surface area contributed by atoms with E-state index in [1.165, 1.54) is 6.07 Å². The van der Waals surface area contributed by atoms with Crippen molar-refractivity contribution in [3.05, 3.63) is 75.8 Å². The fourth-order valence-corrected chi connectivity index (χ4v) is 2.00. The second kappa shape index (κ2) is 4.97. The first-order valence-electron chi connectivity index (χ1n) is 5.12. The number of hydrogen-bond acceptors (Lipinski definition) is 2. The van der Waals surface area contributed by atoms with Crippen molar-refractivity contribution in [2.45, 2.75) is 5.38 Å². The zero-order chi connectivity index (χ0) is 12.3. The number of nitro groups is 1. The monoisotopic (exact) mass is 247 g/mol. The van der Waals surface area contributed by atoms with E-state index in [9.17, 15) is 10.1 Å². The van der Waals surface area contributed by atoms with Gasteiger partial charge in [0.2, 0.25) is 0 Å². The van der Waals surface area contributed by atoms with E-state index in [0.717, 1.165) is 5.56 Å². The van der Waals surface area contributed by atoms with Gasteiger partial charge in [0, 0.05) is 6.07 Å². The van der Waals surface area contributed by atoms with Crippen LogP contribution in [0.15, 0.2) is 54.6 Å². The summed E-state index contributed by atoms with van der Waals surface area (Å²) in [4.78, 5) is 10.5. The van der Waals surface area contributed by atoms with Crippen molar-refractivity contribution in [1.82, 2.24) is 0 Å². The molecule has 0 aliphatic heterocycles. The van der Waals surface area contributed by atoms with Crippen molar-refractivity contribution in [2.75, 3.05) is 0 Å². The Morgan fingerprint density at radius 1 is 1.00 bits per heavy atom. The largest absolute Gasteiger partial charge is 0.274 e. The summed E-state index contributed by atoms with van der Waals surface area (Å²) in [6, 6.07) is 15.8. The highest BCUT2D eigenvalue weighted by molar-refractivity contribution is 6.22. The van der Waals surface area contributed by atoms with Crippen LogP contribution in [0.3, 0.4) is 0 Å². The Hall–Kier alpha value is -1.87. The lowest BCUT2D eigenvalue weighted by Gasteiger charge is -2.10. The van der Waals surface area contributed by atoms with Crippen LogP contribution < -0.4 is 0 Å². The van der Waals surface area contributed by atoms with Gasteiger partial charge >= 0.3 is 0 Å². The van der Waals surface area contributed by atoms with Gasteiger partial charge in [-0.25, -0.2) is 0 Å². The molecule has 0 N–H and O–H groups in total. The van der Waals surface area contributed by atoms with Crippen molar-refractivity contribution in [3.8, 4) is 0 Å². The smallest absolute Gasteiger partial charge is 0.258 e. The minimum atomic E-state index is -0.502. The lowest BCUT2D eigenvalue weighted by atomic mass is 10.0. The summed E-state index contributed by atoms with van der Waals surface area (Å²) in [6.45, 7) is 0. The number of para-hydroxylation sites is 1. The van der Waals surface area contributed by atoms with E-state index in [4.69, 9.17) is 11.6 Å². The Kier molecular flexibility index (Phi) is 3.40. The molecule has 0 saturated carbocycles. The second-order valence-electron chi connectivity index (χ2n) is 3.59. The van der Waals surface area contributed by atoms with E-state index in [2.05, 4.69) is 0 Å². The third-order valence-electron chi connectivity index (χ3n) is 2.50. The molecular weight excluding hydrogens is 238 g/mol. The van der Waals surface area contributed by atoms with Crippen LogP contribution in [0.4, 0.5) is 5.69 Å². The van der Waals surface area contributed by atoms with Gasteiger partial charge in [-0.05, 0) is 5.56 Å². The van der Waals surface area contributed by atoms with Crippen molar-refractivity contribution in [2.24, 2.45) is 0 Å². The molecule has 0 aromatic heterocycles. The van der Waals surface area contributed by atoms with Gasteiger partial charge in [0.05, 0.1) is 15.9 Å². The molecule has 0 fully saturated rings. The summed E-state index contributed by atoms with van der Waals surface area (Å²) in [5, 5.41) is 10.4. The SMILES string of the molecule is O=[N+]([O-])c1ccccc1C(Cl)c1ccccc1. The van der Waals surface area contributed by atoms with Crippen LogP contribution in [-0.4, -0.2) is 4.92 Å². The van der Waals surface area contributed by atoms with E-state index in [1.54, 1.807) is 18.2 Å². The average Bonchev–Trinajstić information content (AvgIpc) is 2.39. The van der Waals surface area contributed by atoms with Gasteiger partial charge < -0.3 is 0 Å². The molecule has 1 unspecified atom stereocenters. The maximum atomic E-state index is 10.9. The first kappa shape index (κ1) is 11.6. The number of nitrogens with zero attached hydrogens (tertiary/aromatic N) is 1. The van der Waals surface area contributed by atoms with Gasteiger partial charge in [0.25, 0.3) is 5.69 Å². The normalized spacial score (nSPS) is 12.1. The zero-order valence-electron chi connectivity index (χ0n) is 8.92. The van der Waals surface area contributed by atoms with Crippen LogP contribution in [0.25, 0.3) is 0 Å². The van der Waals surface area contributed by atoms with E-state index < -0.39 is 10.3 Å². The van der Waals surface area contributed by atoms with Crippen molar-refractivity contribution in [3.63, 3.8) is 0 Å². The number of rotatable bonds is 3. The molecular formula is C13H10ClNO2. The highest BCUT2D eigenvalue weighted by Crippen LogP contribution is 2.34. The van der Waals surface area contributed by atoms with Gasteiger partial charge in [0.1, 0.15) is 0 Å². The van der Waals surface area contributed by atoms with Crippen molar-refractivity contribution in [1.29, 1.82) is 0 Å². The van der Waals surface area contributed by atoms with Gasteiger partial charge in [-0.2, -0.15) is 0 Å². The molecule has 0 spiro atoms. The minimum absolute atomic E-state index is 0.0522. The van der Waals surface area contributed by atoms with Crippen LogP contribution in [0, 0.1) is 10.1 Å². The summed E-state index contributed by atoms with van der Waals surface area (Å²) < 4.78 is 0. The summed E-state index contributed by atoms with van der Waals surface area (Å²) in [7, 11) is 0. The lowest BCUT2D eigenvalue weighted by Crippen LogP contribution is -1.99. The molecule has 0 amide bonds. The quantitative estimate of drug-likeness (QED) is 0.469. The van der Waals surface area contributed by atoms with Gasteiger partial charge in [-0.3, -0.25) is 10.1 Å². The molecule has 0 heterocycles. The highest BCUT2D eigenvalue weighted by Gasteiger charge is 2.20. The molecule has 17 heavy (non-hydrogen) atoms. The highest BCUT2D eigenvalue weighted by atomic mass is 35.5. The number of halogens is 1. The molecule has 2 rings (SSSR count). The molecule has 0 aliphatic rings. The topological polar surface area (TPSA) is 43.1 Å². The number of benzene rings is 2. The summed E-state index contributed by atoms with van der Waals surface area (Å²) in [5.74, 6) is 0. The number of nitro benzene ring substituents is 1. The van der Waals surface area contributed by atoms with E-state index in [0.29, 0.717) is 5.56 Å². The molecule has 3 nitrogen and oxygen atoms in total. The predicted molar refractivity (Wildman–Crippen MR) is 67.2 cm³/mol. The van der Waals surface area contributed by atoms with Gasteiger partial charge in [-0.15, -0.1) is 11.6 Å². The molecule has 1 atom stereocenters. The first-order valence-corrected chi connectivity index (χ1v) is 5.56. The molecule has 0 aliphatic carbocycles. The Morgan fingerprint density at radius 3 is 2.24 bits per heavy atom. The van der Waals surface area contributed by atoms with Gasteiger partial charge in [-0.1, -0.05) is 48.5 Å². The summed E-state index contributed by atoms with van der Waals surface area (Å²) >= 11 is 6.28.